The fourth-order valence-electron chi connectivity index (χ4n) is 2.28. The maximum atomic E-state index is 12.7. The van der Waals surface area contributed by atoms with Crippen molar-refractivity contribution in [2.75, 3.05) is 0 Å². The third-order valence-corrected chi connectivity index (χ3v) is 3.77. The summed E-state index contributed by atoms with van der Waals surface area (Å²) in [5, 5.41) is 24.1. The van der Waals surface area contributed by atoms with Gasteiger partial charge in [-0.15, -0.1) is 0 Å². The van der Waals surface area contributed by atoms with Crippen molar-refractivity contribution in [2.45, 2.75) is 24.9 Å². The van der Waals surface area contributed by atoms with Crippen LogP contribution in [0.2, 0.25) is 0 Å². The van der Waals surface area contributed by atoms with Crippen molar-refractivity contribution in [2.24, 2.45) is 16.9 Å². The Labute approximate surface area is 141 Å². The van der Waals surface area contributed by atoms with Gasteiger partial charge in [0, 0.05) is 5.92 Å². The largest absolute Gasteiger partial charge is 0.481 e. The average Bonchev–Trinajstić information content (AvgIpc) is 3.25. The molecule has 0 saturated heterocycles. The first-order valence-electron chi connectivity index (χ1n) is 7.00. The fourth-order valence-corrected chi connectivity index (χ4v) is 2.28. The minimum absolute atomic E-state index is 0.309. The number of carbonyl (C=O) groups excluding carboxylic acids is 2. The molecule has 1 saturated carbocycles. The molecule has 0 aliphatic heterocycles. The lowest BCUT2D eigenvalue weighted by Crippen LogP contribution is -2.38. The topological polar surface area (TPSA) is 181 Å². The van der Waals surface area contributed by atoms with Gasteiger partial charge in [0.2, 0.25) is 11.8 Å². The number of primary amides is 2. The summed E-state index contributed by atoms with van der Waals surface area (Å²) in [6, 6.07) is 5.63. The van der Waals surface area contributed by atoms with Gasteiger partial charge in [0.1, 0.15) is 11.2 Å². The standard InChI is InChI=1S/C11H11FN2O2.C4H6O5/c12-7-3-1-6(2-4-7)8-5-11(8,9(13)15)10(14)16;5-2(4(8)9)1-3(6)7/h1-4,8H,5H2,(H2,13,15)(H2,14,16);2,5H,1H2,(H,6,7)(H,8,9)/t;2-/m.0/s1. The smallest absolute Gasteiger partial charge is 0.333 e. The van der Waals surface area contributed by atoms with E-state index in [1.54, 1.807) is 0 Å². The lowest BCUT2D eigenvalue weighted by Gasteiger charge is -2.08. The Morgan fingerprint density at radius 3 is 1.88 bits per heavy atom. The van der Waals surface area contributed by atoms with Crippen molar-refractivity contribution in [1.29, 1.82) is 0 Å². The molecule has 1 aliphatic rings. The molecule has 0 heterocycles. The van der Waals surface area contributed by atoms with E-state index in [0.29, 0.717) is 12.0 Å². The highest BCUT2D eigenvalue weighted by molar-refractivity contribution is 6.08. The molecule has 2 atom stereocenters. The zero-order valence-corrected chi connectivity index (χ0v) is 12.9. The van der Waals surface area contributed by atoms with Crippen molar-refractivity contribution in [3.05, 3.63) is 35.6 Å². The van der Waals surface area contributed by atoms with Gasteiger partial charge in [0.05, 0.1) is 6.42 Å². The summed E-state index contributed by atoms with van der Waals surface area (Å²) in [5.74, 6) is -4.96. The van der Waals surface area contributed by atoms with Gasteiger partial charge in [-0.3, -0.25) is 14.4 Å². The molecule has 0 bridgehead atoms. The fraction of sp³-hybridized carbons (Fsp3) is 0.333. The second-order valence-electron chi connectivity index (χ2n) is 5.46. The Kier molecular flexibility index (Phi) is 6.18. The number of halogens is 1. The Morgan fingerprint density at radius 2 is 1.60 bits per heavy atom. The van der Waals surface area contributed by atoms with Crippen LogP contribution >= 0.6 is 0 Å². The van der Waals surface area contributed by atoms with Gasteiger partial charge in [-0.1, -0.05) is 12.1 Å². The quantitative estimate of drug-likeness (QED) is 0.412. The van der Waals surface area contributed by atoms with Gasteiger partial charge < -0.3 is 26.8 Å². The third kappa shape index (κ3) is 4.73. The van der Waals surface area contributed by atoms with Crippen LogP contribution in [0.25, 0.3) is 0 Å². The summed E-state index contributed by atoms with van der Waals surface area (Å²) in [5.41, 5.74) is 9.78. The molecule has 0 aromatic heterocycles. The summed E-state index contributed by atoms with van der Waals surface area (Å²) >= 11 is 0. The molecule has 1 fully saturated rings. The number of carbonyl (C=O) groups is 4. The van der Waals surface area contributed by atoms with Crippen LogP contribution in [0.15, 0.2) is 24.3 Å². The number of amides is 2. The molecular weight excluding hydrogens is 339 g/mol. The molecule has 0 radical (unpaired) electrons. The highest BCUT2D eigenvalue weighted by Gasteiger charge is 2.64. The van der Waals surface area contributed by atoms with Crippen molar-refractivity contribution >= 4 is 23.8 Å². The van der Waals surface area contributed by atoms with Gasteiger partial charge in [0.15, 0.2) is 6.10 Å². The molecular formula is C15H17FN2O7. The van der Waals surface area contributed by atoms with Gasteiger partial charge in [0.25, 0.3) is 0 Å². The minimum Gasteiger partial charge on any atom is -0.481 e. The van der Waals surface area contributed by atoms with Gasteiger partial charge in [-0.2, -0.15) is 0 Å². The summed E-state index contributed by atoms with van der Waals surface area (Å²) in [6.45, 7) is 0. The Hall–Kier alpha value is -3.01. The average molecular weight is 356 g/mol. The number of hydrogen-bond donors (Lipinski definition) is 5. The number of benzene rings is 1. The zero-order valence-electron chi connectivity index (χ0n) is 12.9. The normalized spacial score (nSPS) is 18.2. The number of aliphatic hydroxyl groups is 1. The molecule has 1 aromatic rings. The van der Waals surface area contributed by atoms with Gasteiger partial charge in [-0.05, 0) is 24.1 Å². The van der Waals surface area contributed by atoms with Crippen LogP contribution in [-0.2, 0) is 19.2 Å². The van der Waals surface area contributed by atoms with Crippen LogP contribution in [0.5, 0.6) is 0 Å². The van der Waals surface area contributed by atoms with Crippen LogP contribution in [0.1, 0.15) is 24.3 Å². The third-order valence-electron chi connectivity index (χ3n) is 3.77. The van der Waals surface area contributed by atoms with Crippen molar-refractivity contribution in [3.8, 4) is 0 Å². The van der Waals surface area contributed by atoms with Crippen LogP contribution in [-0.4, -0.2) is 45.2 Å². The van der Waals surface area contributed by atoms with Crippen molar-refractivity contribution in [3.63, 3.8) is 0 Å². The number of carboxylic acids is 2. The predicted octanol–water partition coefficient (Wildman–Crippen LogP) is -0.823. The van der Waals surface area contributed by atoms with E-state index in [-0.39, 0.29) is 11.7 Å². The van der Waals surface area contributed by atoms with E-state index < -0.39 is 41.7 Å². The number of hydrogen-bond acceptors (Lipinski definition) is 5. The lowest BCUT2D eigenvalue weighted by atomic mass is 9.98. The van der Waals surface area contributed by atoms with Crippen LogP contribution in [0.4, 0.5) is 4.39 Å². The molecule has 2 rings (SSSR count). The van der Waals surface area contributed by atoms with Crippen molar-refractivity contribution in [1.82, 2.24) is 0 Å². The molecule has 1 aliphatic carbocycles. The number of aliphatic carboxylic acids is 2. The van der Waals surface area contributed by atoms with Crippen LogP contribution in [0, 0.1) is 11.2 Å². The van der Waals surface area contributed by atoms with E-state index in [0.717, 1.165) is 0 Å². The Bertz CT molecular complexity index is 676. The minimum atomic E-state index is -1.79. The Balaban J connectivity index is 0.000000299. The summed E-state index contributed by atoms with van der Waals surface area (Å²) in [6.07, 6.45) is -2.24. The van der Waals surface area contributed by atoms with E-state index in [1.165, 1.54) is 24.3 Å². The molecule has 1 unspecified atom stereocenters. The van der Waals surface area contributed by atoms with Crippen LogP contribution in [0.3, 0.4) is 0 Å². The lowest BCUT2D eigenvalue weighted by molar-refractivity contribution is -0.152. The van der Waals surface area contributed by atoms with E-state index in [9.17, 15) is 23.6 Å². The number of rotatable bonds is 6. The first-order valence-corrected chi connectivity index (χ1v) is 7.00. The highest BCUT2D eigenvalue weighted by atomic mass is 19.1. The van der Waals surface area contributed by atoms with E-state index in [2.05, 4.69) is 0 Å². The molecule has 1 aromatic carbocycles. The number of nitrogens with two attached hydrogens (primary N) is 2. The molecule has 7 N–H and O–H groups in total. The monoisotopic (exact) mass is 356 g/mol. The number of aliphatic hydroxyl groups excluding tert-OH is 1. The van der Waals surface area contributed by atoms with E-state index in [4.69, 9.17) is 26.8 Å². The molecule has 9 nitrogen and oxygen atoms in total. The summed E-state index contributed by atoms with van der Waals surface area (Å²) in [4.78, 5) is 41.9. The summed E-state index contributed by atoms with van der Waals surface area (Å²) in [7, 11) is 0. The van der Waals surface area contributed by atoms with E-state index >= 15 is 0 Å². The zero-order chi connectivity index (χ0) is 19.4. The number of carboxylic acid groups (broad SMARTS) is 2. The van der Waals surface area contributed by atoms with Crippen molar-refractivity contribution < 1.29 is 38.9 Å². The van der Waals surface area contributed by atoms with E-state index in [1.807, 2.05) is 0 Å². The SMILES string of the molecule is NC(=O)C1(C(N)=O)CC1c1ccc(F)cc1.O=C(O)C[C@H](O)C(=O)O. The Morgan fingerprint density at radius 1 is 1.12 bits per heavy atom. The highest BCUT2D eigenvalue weighted by Crippen LogP contribution is 2.58. The molecule has 10 heteroatoms. The summed E-state index contributed by atoms with van der Waals surface area (Å²) < 4.78 is 12.7. The second kappa shape index (κ2) is 7.71. The molecule has 25 heavy (non-hydrogen) atoms. The van der Waals surface area contributed by atoms with Gasteiger partial charge in [-0.25, -0.2) is 9.18 Å². The predicted molar refractivity (Wildman–Crippen MR) is 80.5 cm³/mol. The molecule has 2 amide bonds. The first kappa shape index (κ1) is 20.0. The molecule has 0 spiro atoms. The molecule has 136 valence electrons. The second-order valence-corrected chi connectivity index (χ2v) is 5.46. The van der Waals surface area contributed by atoms with Crippen LogP contribution < -0.4 is 11.5 Å². The maximum absolute atomic E-state index is 12.7. The first-order chi connectivity index (χ1) is 11.5. The maximum Gasteiger partial charge on any atom is 0.333 e. The van der Waals surface area contributed by atoms with Gasteiger partial charge >= 0.3 is 11.9 Å².